The Morgan fingerprint density at radius 2 is 1.52 bits per heavy atom. The number of H-pyrrole nitrogens is 1. The van der Waals surface area contributed by atoms with Crippen molar-refractivity contribution in [3.63, 3.8) is 0 Å². The van der Waals surface area contributed by atoms with Gasteiger partial charge in [-0.3, -0.25) is 14.6 Å². The highest BCUT2D eigenvalue weighted by molar-refractivity contribution is 6.49. The van der Waals surface area contributed by atoms with Crippen molar-refractivity contribution >= 4 is 28.3 Å². The molecular weight excluding hydrogens is 410 g/mol. The number of carbonyl (C=O) groups excluding carboxylic acids is 2. The minimum absolute atomic E-state index is 0.376. The fourth-order valence-electron chi connectivity index (χ4n) is 3.92. The van der Waals surface area contributed by atoms with Gasteiger partial charge in [-0.1, -0.05) is 66.7 Å². The lowest BCUT2D eigenvalue weighted by Gasteiger charge is -2.08. The third-order valence-electron chi connectivity index (χ3n) is 5.53. The van der Waals surface area contributed by atoms with Gasteiger partial charge in [0.1, 0.15) is 0 Å². The van der Waals surface area contributed by atoms with E-state index in [0.29, 0.717) is 23.4 Å². The summed E-state index contributed by atoms with van der Waals surface area (Å²) < 4.78 is 0. The van der Waals surface area contributed by atoms with E-state index in [1.807, 2.05) is 84.9 Å². The van der Waals surface area contributed by atoms with E-state index >= 15 is 0 Å². The molecule has 0 aliphatic heterocycles. The summed E-state index contributed by atoms with van der Waals surface area (Å²) in [4.78, 5) is 33.9. The zero-order valence-corrected chi connectivity index (χ0v) is 17.8. The van der Waals surface area contributed by atoms with Crippen LogP contribution in [0.1, 0.15) is 21.6 Å². The van der Waals surface area contributed by atoms with Gasteiger partial charge in [-0.05, 0) is 41.5 Å². The number of nitrogens with one attached hydrogen (secondary N) is 2. The van der Waals surface area contributed by atoms with E-state index < -0.39 is 11.7 Å². The van der Waals surface area contributed by atoms with E-state index in [0.717, 1.165) is 27.7 Å². The van der Waals surface area contributed by atoms with Gasteiger partial charge in [0.15, 0.2) is 0 Å². The number of hydrogen-bond acceptors (Lipinski definition) is 3. The van der Waals surface area contributed by atoms with E-state index in [1.165, 1.54) is 0 Å². The van der Waals surface area contributed by atoms with Crippen LogP contribution in [0.3, 0.4) is 0 Å². The van der Waals surface area contributed by atoms with Crippen LogP contribution in [-0.4, -0.2) is 21.7 Å². The van der Waals surface area contributed by atoms with Gasteiger partial charge in [-0.25, -0.2) is 0 Å². The predicted molar refractivity (Wildman–Crippen MR) is 130 cm³/mol. The molecule has 0 bridgehead atoms. The van der Waals surface area contributed by atoms with Gasteiger partial charge in [-0.15, -0.1) is 0 Å². The van der Waals surface area contributed by atoms with Gasteiger partial charge in [0, 0.05) is 34.9 Å². The molecule has 0 fully saturated rings. The Morgan fingerprint density at radius 3 is 2.27 bits per heavy atom. The molecule has 0 spiro atoms. The van der Waals surface area contributed by atoms with Crippen LogP contribution in [0.5, 0.6) is 0 Å². The highest BCUT2D eigenvalue weighted by atomic mass is 16.2. The van der Waals surface area contributed by atoms with Crippen molar-refractivity contribution in [1.29, 1.82) is 0 Å². The number of nitrogens with zero attached hydrogens (tertiary/aromatic N) is 1. The maximum absolute atomic E-state index is 13.3. The number of hydrogen-bond donors (Lipinski definition) is 2. The molecule has 0 unspecified atom stereocenters. The minimum Gasteiger partial charge on any atom is -0.354 e. The number of ketones is 1. The maximum atomic E-state index is 13.3. The number of fused-ring (bicyclic) bond motifs is 1. The molecule has 0 radical (unpaired) electrons. The molecule has 0 saturated heterocycles. The molecule has 0 saturated carbocycles. The molecule has 0 atom stereocenters. The topological polar surface area (TPSA) is 74.8 Å². The average molecular weight is 431 g/mol. The predicted octanol–water partition coefficient (Wildman–Crippen LogP) is 5.64. The Kier molecular flexibility index (Phi) is 5.52. The third-order valence-corrected chi connectivity index (χ3v) is 5.53. The molecular formula is C28H21N3O2. The van der Waals surface area contributed by atoms with Gasteiger partial charge in [0.2, 0.25) is 0 Å². The van der Waals surface area contributed by atoms with Crippen LogP contribution in [0.2, 0.25) is 0 Å². The lowest BCUT2D eigenvalue weighted by atomic mass is 10.0. The Hall–Kier alpha value is -4.51. The lowest BCUT2D eigenvalue weighted by molar-refractivity contribution is -0.112. The Morgan fingerprint density at radius 1 is 0.788 bits per heavy atom. The average Bonchev–Trinajstić information content (AvgIpc) is 3.25. The van der Waals surface area contributed by atoms with Gasteiger partial charge < -0.3 is 10.3 Å². The molecule has 5 heteroatoms. The number of benzene rings is 3. The van der Waals surface area contributed by atoms with E-state index in [4.69, 9.17) is 0 Å². The van der Waals surface area contributed by atoms with Crippen LogP contribution in [-0.2, 0) is 11.2 Å². The van der Waals surface area contributed by atoms with Crippen LogP contribution >= 0.6 is 0 Å². The van der Waals surface area contributed by atoms with Gasteiger partial charge in [0.05, 0.1) is 11.3 Å². The van der Waals surface area contributed by atoms with E-state index in [1.54, 1.807) is 18.3 Å². The zero-order chi connectivity index (χ0) is 22.6. The normalized spacial score (nSPS) is 10.8. The van der Waals surface area contributed by atoms with Crippen LogP contribution in [0, 0.1) is 0 Å². The number of carbonyl (C=O) groups is 2. The Bertz CT molecular complexity index is 1420. The smallest absolute Gasteiger partial charge is 0.296 e. The number of para-hydroxylation sites is 1. The van der Waals surface area contributed by atoms with Crippen molar-refractivity contribution in [3.05, 3.63) is 120 Å². The first-order valence-corrected chi connectivity index (χ1v) is 10.7. The van der Waals surface area contributed by atoms with Crippen LogP contribution in [0.15, 0.2) is 103 Å². The van der Waals surface area contributed by atoms with Crippen molar-refractivity contribution < 1.29 is 9.59 Å². The number of aromatic amines is 1. The van der Waals surface area contributed by atoms with Crippen LogP contribution < -0.4 is 5.32 Å². The van der Waals surface area contributed by atoms with Gasteiger partial charge >= 0.3 is 0 Å². The number of pyridine rings is 1. The number of anilines is 1. The zero-order valence-electron chi connectivity index (χ0n) is 17.8. The molecule has 2 N–H and O–H groups in total. The van der Waals surface area contributed by atoms with Gasteiger partial charge in [0.25, 0.3) is 11.7 Å². The summed E-state index contributed by atoms with van der Waals surface area (Å²) >= 11 is 0. The van der Waals surface area contributed by atoms with Gasteiger partial charge in [-0.2, -0.15) is 0 Å². The number of aromatic nitrogens is 2. The summed E-state index contributed by atoms with van der Waals surface area (Å²) in [6.07, 6.45) is 2.47. The van der Waals surface area contributed by atoms with Crippen molar-refractivity contribution in [3.8, 4) is 11.3 Å². The largest absolute Gasteiger partial charge is 0.354 e. The van der Waals surface area contributed by atoms with E-state index in [2.05, 4.69) is 15.3 Å². The molecule has 160 valence electrons. The molecule has 2 aromatic heterocycles. The van der Waals surface area contributed by atoms with Crippen molar-refractivity contribution in [2.45, 2.75) is 6.42 Å². The molecule has 33 heavy (non-hydrogen) atoms. The Balaban J connectivity index is 1.39. The Labute approximate surface area is 191 Å². The standard InChI is InChI=1S/C28H21N3O2/c32-27(25-23-11-4-5-12-24(23)31-26(25)20-8-2-1-3-9-20)28(33)30-21-15-13-19(14-16-21)18-22-10-6-7-17-29-22/h1-17,31H,18H2,(H,30,33). The van der Waals surface area contributed by atoms with E-state index in [9.17, 15) is 9.59 Å². The first-order chi connectivity index (χ1) is 16.2. The summed E-state index contributed by atoms with van der Waals surface area (Å²) in [5, 5.41) is 3.47. The summed E-state index contributed by atoms with van der Waals surface area (Å²) in [6.45, 7) is 0. The highest BCUT2D eigenvalue weighted by Crippen LogP contribution is 2.31. The molecule has 2 heterocycles. The molecule has 5 aromatic rings. The second kappa shape index (κ2) is 8.93. The molecule has 1 amide bonds. The first kappa shape index (κ1) is 20.4. The summed E-state index contributed by atoms with van der Waals surface area (Å²) in [5.74, 6) is -1.25. The molecule has 3 aromatic carbocycles. The second-order valence-corrected chi connectivity index (χ2v) is 7.76. The van der Waals surface area contributed by atoms with Crippen molar-refractivity contribution in [2.75, 3.05) is 5.32 Å². The van der Waals surface area contributed by atoms with Crippen molar-refractivity contribution in [1.82, 2.24) is 9.97 Å². The monoisotopic (exact) mass is 431 g/mol. The summed E-state index contributed by atoms with van der Waals surface area (Å²) in [6, 6.07) is 30.3. The van der Waals surface area contributed by atoms with Crippen LogP contribution in [0.25, 0.3) is 22.2 Å². The number of amides is 1. The number of Topliss-reactive ketones (excluding diaryl/α,β-unsaturated/α-hetero) is 1. The molecule has 5 rings (SSSR count). The summed E-state index contributed by atoms with van der Waals surface area (Å²) in [7, 11) is 0. The van der Waals surface area contributed by atoms with Crippen LogP contribution in [0.4, 0.5) is 5.69 Å². The first-order valence-electron chi connectivity index (χ1n) is 10.7. The van der Waals surface area contributed by atoms with E-state index in [-0.39, 0.29) is 0 Å². The SMILES string of the molecule is O=C(Nc1ccc(Cc2ccccn2)cc1)C(=O)c1c(-c2ccccc2)[nH]c2ccccc12. The third kappa shape index (κ3) is 4.29. The second-order valence-electron chi connectivity index (χ2n) is 7.76. The summed E-state index contributed by atoms with van der Waals surface area (Å²) in [5.41, 5.74) is 5.29. The molecule has 0 aliphatic carbocycles. The maximum Gasteiger partial charge on any atom is 0.296 e. The highest BCUT2D eigenvalue weighted by Gasteiger charge is 2.25. The quantitative estimate of drug-likeness (QED) is 0.270. The fraction of sp³-hybridized carbons (Fsp3) is 0.0357. The lowest BCUT2D eigenvalue weighted by Crippen LogP contribution is -2.23. The molecule has 5 nitrogen and oxygen atoms in total. The molecule has 0 aliphatic rings. The van der Waals surface area contributed by atoms with Crippen molar-refractivity contribution in [2.24, 2.45) is 0 Å². The number of rotatable bonds is 6. The minimum atomic E-state index is -0.672. The fourth-order valence-corrected chi connectivity index (χ4v) is 3.92.